The summed E-state index contributed by atoms with van der Waals surface area (Å²) in [7, 11) is 2.15. The van der Waals surface area contributed by atoms with Crippen LogP contribution >= 0.6 is 0 Å². The number of hydrogen-bond acceptors (Lipinski definition) is 3. The molecule has 0 saturated carbocycles. The van der Waals surface area contributed by atoms with Crippen LogP contribution in [-0.4, -0.2) is 49.6 Å². The van der Waals surface area contributed by atoms with Gasteiger partial charge in [0.1, 0.15) is 0 Å². The van der Waals surface area contributed by atoms with Crippen molar-refractivity contribution in [2.24, 2.45) is 5.92 Å². The molecule has 4 nitrogen and oxygen atoms in total. The van der Waals surface area contributed by atoms with Gasteiger partial charge >= 0.3 is 0 Å². The molecule has 0 aliphatic carbocycles. The molecule has 1 saturated heterocycles. The molecule has 1 amide bonds. The molecule has 17 heavy (non-hydrogen) atoms. The van der Waals surface area contributed by atoms with Crippen molar-refractivity contribution in [1.29, 1.82) is 0 Å². The largest absolute Gasteiger partial charge is 0.355 e. The fraction of sp³-hybridized carbons (Fsp3) is 0.923. The van der Waals surface area contributed by atoms with Gasteiger partial charge in [0.25, 0.3) is 0 Å². The van der Waals surface area contributed by atoms with Gasteiger partial charge in [-0.15, -0.1) is 0 Å². The Morgan fingerprint density at radius 1 is 1.29 bits per heavy atom. The lowest BCUT2D eigenvalue weighted by molar-refractivity contribution is -0.120. The summed E-state index contributed by atoms with van der Waals surface area (Å²) in [5, 5.41) is 6.22. The standard InChI is InChI=1S/C13H27N3O/c1-13(2,3)15-10-12(17)14-9-11-5-7-16(4)8-6-11/h11,15H,5-10H2,1-4H3,(H,14,17). The minimum absolute atomic E-state index is 0.00485. The number of piperidine rings is 1. The maximum absolute atomic E-state index is 11.6. The molecule has 0 radical (unpaired) electrons. The highest BCUT2D eigenvalue weighted by Gasteiger charge is 2.17. The minimum Gasteiger partial charge on any atom is -0.355 e. The van der Waals surface area contributed by atoms with E-state index in [0.717, 1.165) is 19.6 Å². The normalized spacial score (nSPS) is 19.3. The van der Waals surface area contributed by atoms with Gasteiger partial charge in [-0.25, -0.2) is 0 Å². The first-order chi connectivity index (χ1) is 7.87. The Balaban J connectivity index is 2.11. The van der Waals surface area contributed by atoms with E-state index in [1.165, 1.54) is 12.8 Å². The zero-order valence-electron chi connectivity index (χ0n) is 11.7. The van der Waals surface area contributed by atoms with Crippen molar-refractivity contribution in [3.8, 4) is 0 Å². The van der Waals surface area contributed by atoms with E-state index in [0.29, 0.717) is 12.5 Å². The smallest absolute Gasteiger partial charge is 0.233 e. The Kier molecular flexibility index (Phi) is 5.40. The van der Waals surface area contributed by atoms with Crippen molar-refractivity contribution < 1.29 is 4.79 Å². The van der Waals surface area contributed by atoms with Crippen LogP contribution in [0, 0.1) is 5.92 Å². The number of carbonyl (C=O) groups excluding carboxylic acids is 1. The van der Waals surface area contributed by atoms with Gasteiger partial charge in [-0.3, -0.25) is 4.79 Å². The van der Waals surface area contributed by atoms with Gasteiger partial charge < -0.3 is 15.5 Å². The maximum Gasteiger partial charge on any atom is 0.233 e. The zero-order valence-corrected chi connectivity index (χ0v) is 11.7. The average molecular weight is 241 g/mol. The SMILES string of the molecule is CN1CCC(CNC(=O)CNC(C)(C)C)CC1. The number of amides is 1. The van der Waals surface area contributed by atoms with Crippen LogP contribution in [0.15, 0.2) is 0 Å². The summed E-state index contributed by atoms with van der Waals surface area (Å²) in [5.41, 5.74) is 0.00485. The van der Waals surface area contributed by atoms with E-state index in [9.17, 15) is 4.79 Å². The molecular formula is C13H27N3O. The second kappa shape index (κ2) is 6.36. The van der Waals surface area contributed by atoms with Gasteiger partial charge in [-0.2, -0.15) is 0 Å². The van der Waals surface area contributed by atoms with Gasteiger partial charge in [0.2, 0.25) is 5.91 Å². The molecule has 1 fully saturated rings. The van der Waals surface area contributed by atoms with E-state index >= 15 is 0 Å². The van der Waals surface area contributed by atoms with Crippen LogP contribution < -0.4 is 10.6 Å². The molecule has 100 valence electrons. The highest BCUT2D eigenvalue weighted by molar-refractivity contribution is 5.78. The predicted molar refractivity (Wildman–Crippen MR) is 71.0 cm³/mol. The first-order valence-electron chi connectivity index (χ1n) is 6.57. The molecule has 0 aromatic heterocycles. The lowest BCUT2D eigenvalue weighted by atomic mass is 9.97. The lowest BCUT2D eigenvalue weighted by Gasteiger charge is -2.29. The molecule has 1 aliphatic heterocycles. The van der Waals surface area contributed by atoms with Crippen LogP contribution in [0.5, 0.6) is 0 Å². The molecule has 1 rings (SSSR count). The molecule has 1 heterocycles. The Labute approximate surface area is 105 Å². The lowest BCUT2D eigenvalue weighted by Crippen LogP contribution is -2.45. The molecule has 0 atom stereocenters. The Morgan fingerprint density at radius 2 is 1.88 bits per heavy atom. The summed E-state index contributed by atoms with van der Waals surface area (Å²) >= 11 is 0. The molecule has 0 aromatic carbocycles. The topological polar surface area (TPSA) is 44.4 Å². The van der Waals surface area contributed by atoms with Crippen molar-refractivity contribution in [2.75, 3.05) is 33.2 Å². The van der Waals surface area contributed by atoms with E-state index in [1.54, 1.807) is 0 Å². The van der Waals surface area contributed by atoms with E-state index in [4.69, 9.17) is 0 Å². The fourth-order valence-corrected chi connectivity index (χ4v) is 1.93. The second-order valence-corrected chi connectivity index (χ2v) is 6.15. The van der Waals surface area contributed by atoms with E-state index < -0.39 is 0 Å². The summed E-state index contributed by atoms with van der Waals surface area (Å²) in [4.78, 5) is 14.0. The molecular weight excluding hydrogens is 214 g/mol. The van der Waals surface area contributed by atoms with Gasteiger partial charge in [-0.1, -0.05) is 0 Å². The quantitative estimate of drug-likeness (QED) is 0.766. The zero-order chi connectivity index (χ0) is 12.9. The first-order valence-corrected chi connectivity index (χ1v) is 6.57. The molecule has 1 aliphatic rings. The van der Waals surface area contributed by atoms with Gasteiger partial charge in [-0.05, 0) is 59.7 Å². The fourth-order valence-electron chi connectivity index (χ4n) is 1.93. The third-order valence-corrected chi connectivity index (χ3v) is 3.21. The van der Waals surface area contributed by atoms with E-state index in [-0.39, 0.29) is 11.4 Å². The van der Waals surface area contributed by atoms with Crippen molar-refractivity contribution in [3.63, 3.8) is 0 Å². The summed E-state index contributed by atoms with van der Waals surface area (Å²) < 4.78 is 0. The predicted octanol–water partition coefficient (Wildman–Crippen LogP) is 0.833. The van der Waals surface area contributed by atoms with Crippen LogP contribution in [0.4, 0.5) is 0 Å². The number of likely N-dealkylation sites (tertiary alicyclic amines) is 1. The van der Waals surface area contributed by atoms with Crippen LogP contribution in [0.1, 0.15) is 33.6 Å². The van der Waals surface area contributed by atoms with Gasteiger partial charge in [0.05, 0.1) is 6.54 Å². The van der Waals surface area contributed by atoms with E-state index in [1.807, 2.05) is 0 Å². The van der Waals surface area contributed by atoms with Crippen LogP contribution in [0.25, 0.3) is 0 Å². The maximum atomic E-state index is 11.6. The third kappa shape index (κ3) is 6.64. The van der Waals surface area contributed by atoms with Crippen molar-refractivity contribution >= 4 is 5.91 Å². The summed E-state index contributed by atoms with van der Waals surface area (Å²) in [6, 6.07) is 0. The average Bonchev–Trinajstić information content (AvgIpc) is 2.25. The summed E-state index contributed by atoms with van der Waals surface area (Å²) in [6.45, 7) is 9.75. The Bertz CT molecular complexity index is 240. The van der Waals surface area contributed by atoms with E-state index in [2.05, 4.69) is 43.4 Å². The summed E-state index contributed by atoms with van der Waals surface area (Å²) in [6.07, 6.45) is 2.40. The number of nitrogens with zero attached hydrogens (tertiary/aromatic N) is 1. The Hall–Kier alpha value is -0.610. The molecule has 0 bridgehead atoms. The van der Waals surface area contributed by atoms with Crippen LogP contribution in [0.3, 0.4) is 0 Å². The molecule has 0 aromatic rings. The molecule has 2 N–H and O–H groups in total. The van der Waals surface area contributed by atoms with Crippen LogP contribution in [0.2, 0.25) is 0 Å². The van der Waals surface area contributed by atoms with Gasteiger partial charge in [0.15, 0.2) is 0 Å². The van der Waals surface area contributed by atoms with Crippen molar-refractivity contribution in [1.82, 2.24) is 15.5 Å². The number of carbonyl (C=O) groups is 1. The molecule has 4 heteroatoms. The highest BCUT2D eigenvalue weighted by atomic mass is 16.1. The number of nitrogens with one attached hydrogen (secondary N) is 2. The Morgan fingerprint density at radius 3 is 2.41 bits per heavy atom. The monoisotopic (exact) mass is 241 g/mol. The second-order valence-electron chi connectivity index (χ2n) is 6.15. The van der Waals surface area contributed by atoms with Crippen molar-refractivity contribution in [3.05, 3.63) is 0 Å². The van der Waals surface area contributed by atoms with Crippen LogP contribution in [-0.2, 0) is 4.79 Å². The first kappa shape index (κ1) is 14.5. The highest BCUT2D eigenvalue weighted by Crippen LogP contribution is 2.14. The summed E-state index contributed by atoms with van der Waals surface area (Å²) in [5.74, 6) is 0.767. The number of rotatable bonds is 4. The molecule has 0 unspecified atom stereocenters. The third-order valence-electron chi connectivity index (χ3n) is 3.21. The number of hydrogen-bond donors (Lipinski definition) is 2. The van der Waals surface area contributed by atoms with Crippen molar-refractivity contribution in [2.45, 2.75) is 39.2 Å². The minimum atomic E-state index is 0.00485. The van der Waals surface area contributed by atoms with Gasteiger partial charge in [0, 0.05) is 12.1 Å². The molecule has 0 spiro atoms.